The predicted octanol–water partition coefficient (Wildman–Crippen LogP) is 2.49. The van der Waals surface area contributed by atoms with Crippen LogP contribution in [0.4, 0.5) is 5.69 Å². The minimum atomic E-state index is -0.696. The van der Waals surface area contributed by atoms with E-state index in [1.54, 1.807) is 4.90 Å². The fraction of sp³-hybridized carbons (Fsp3) is 0.500. The van der Waals surface area contributed by atoms with E-state index in [9.17, 15) is 9.59 Å². The Bertz CT molecular complexity index is 743. The fourth-order valence-electron chi connectivity index (χ4n) is 4.34. The molecule has 0 unspecified atom stereocenters. The number of rotatable bonds is 5. The second-order valence-electron chi connectivity index (χ2n) is 6.97. The van der Waals surface area contributed by atoms with E-state index in [4.69, 9.17) is 9.47 Å². The summed E-state index contributed by atoms with van der Waals surface area (Å²) in [5.41, 5.74) is 1.34. The molecule has 3 heterocycles. The molecule has 132 valence electrons. The number of fused-ring (bicyclic) bond motifs is 1. The van der Waals surface area contributed by atoms with Crippen LogP contribution in [-0.4, -0.2) is 36.7 Å². The number of hydrogen-bond acceptors (Lipinski definition) is 4. The Kier molecular flexibility index (Phi) is 3.91. The number of hydrogen-bond donors (Lipinski definition) is 0. The Hall–Kier alpha value is -2.14. The molecular formula is C20H23NO4. The number of anilines is 1. The molecule has 4 atom stereocenters. The van der Waals surface area contributed by atoms with Gasteiger partial charge in [-0.1, -0.05) is 44.2 Å². The first kappa shape index (κ1) is 16.3. The van der Waals surface area contributed by atoms with Crippen molar-refractivity contribution in [1.29, 1.82) is 0 Å². The molecular weight excluding hydrogens is 318 g/mol. The first-order valence-corrected chi connectivity index (χ1v) is 9.04. The Labute approximate surface area is 147 Å². The van der Waals surface area contributed by atoms with Crippen LogP contribution < -0.4 is 4.90 Å². The van der Waals surface area contributed by atoms with Gasteiger partial charge in [-0.05, 0) is 24.5 Å². The van der Waals surface area contributed by atoms with Crippen LogP contribution in [0.25, 0.3) is 0 Å². The van der Waals surface area contributed by atoms with Crippen molar-refractivity contribution in [2.75, 3.05) is 18.1 Å². The van der Waals surface area contributed by atoms with Gasteiger partial charge in [0.2, 0.25) is 5.91 Å². The molecule has 2 bridgehead atoms. The minimum absolute atomic E-state index is 0.0359. The molecule has 0 aliphatic carbocycles. The van der Waals surface area contributed by atoms with E-state index in [-0.39, 0.29) is 18.0 Å². The zero-order chi connectivity index (χ0) is 17.6. The minimum Gasteiger partial charge on any atom is -0.465 e. The standard InChI is InChI=1S/C20H23NO4/c1-3-11-24-19(23)16-15-9-10-20(25-15)12-21(18(22)17(16)20)14-8-6-5-7-13(14)4-2/h5-10,15-17H,3-4,11-12H2,1-2H3/t15-,16+,17-,20+/m0/s1. The highest BCUT2D eigenvalue weighted by atomic mass is 16.6. The van der Waals surface area contributed by atoms with Crippen molar-refractivity contribution >= 4 is 17.6 Å². The van der Waals surface area contributed by atoms with Crippen LogP contribution in [0.1, 0.15) is 25.8 Å². The molecule has 5 nitrogen and oxygen atoms in total. The molecule has 3 aliphatic rings. The quantitative estimate of drug-likeness (QED) is 0.610. The third-order valence-electron chi connectivity index (χ3n) is 5.48. The van der Waals surface area contributed by atoms with Gasteiger partial charge in [0.05, 0.1) is 25.2 Å². The number of ether oxygens (including phenoxy) is 2. The van der Waals surface area contributed by atoms with E-state index in [1.165, 1.54) is 0 Å². The van der Waals surface area contributed by atoms with Gasteiger partial charge in [0, 0.05) is 5.69 Å². The molecule has 1 spiro atoms. The lowest BCUT2D eigenvalue weighted by atomic mass is 9.77. The Morgan fingerprint density at radius 2 is 2.16 bits per heavy atom. The number of carbonyl (C=O) groups is 2. The van der Waals surface area contributed by atoms with Crippen LogP contribution >= 0.6 is 0 Å². The van der Waals surface area contributed by atoms with Crippen LogP contribution in [0.2, 0.25) is 0 Å². The van der Waals surface area contributed by atoms with Crippen molar-refractivity contribution in [1.82, 2.24) is 0 Å². The Morgan fingerprint density at radius 1 is 1.36 bits per heavy atom. The van der Waals surface area contributed by atoms with Crippen LogP contribution in [0.3, 0.4) is 0 Å². The van der Waals surface area contributed by atoms with E-state index in [2.05, 4.69) is 6.92 Å². The summed E-state index contributed by atoms with van der Waals surface area (Å²) in [6, 6.07) is 7.92. The molecule has 1 aromatic carbocycles. The van der Waals surface area contributed by atoms with Gasteiger partial charge in [-0.2, -0.15) is 0 Å². The molecule has 3 aliphatic heterocycles. The topological polar surface area (TPSA) is 55.8 Å². The maximum atomic E-state index is 13.2. The zero-order valence-corrected chi connectivity index (χ0v) is 14.6. The summed E-state index contributed by atoms with van der Waals surface area (Å²) < 4.78 is 11.5. The summed E-state index contributed by atoms with van der Waals surface area (Å²) in [5.74, 6) is -1.38. The molecule has 0 radical (unpaired) electrons. The van der Waals surface area contributed by atoms with Gasteiger partial charge < -0.3 is 14.4 Å². The molecule has 2 fully saturated rings. The predicted molar refractivity (Wildman–Crippen MR) is 93.1 cm³/mol. The fourth-order valence-corrected chi connectivity index (χ4v) is 4.34. The number of esters is 1. The smallest absolute Gasteiger partial charge is 0.312 e. The second kappa shape index (κ2) is 5.99. The number of benzene rings is 1. The molecule has 1 amide bonds. The summed E-state index contributed by atoms with van der Waals surface area (Å²) in [6.45, 7) is 4.86. The van der Waals surface area contributed by atoms with Crippen molar-refractivity contribution < 1.29 is 19.1 Å². The number of aryl methyl sites for hydroxylation is 1. The summed E-state index contributed by atoms with van der Waals surface area (Å²) in [4.78, 5) is 27.6. The van der Waals surface area contributed by atoms with Gasteiger partial charge >= 0.3 is 5.97 Å². The van der Waals surface area contributed by atoms with Crippen molar-refractivity contribution in [2.45, 2.75) is 38.4 Å². The highest BCUT2D eigenvalue weighted by Crippen LogP contribution is 2.53. The van der Waals surface area contributed by atoms with Crippen LogP contribution in [0.5, 0.6) is 0 Å². The van der Waals surface area contributed by atoms with E-state index in [0.29, 0.717) is 13.2 Å². The summed E-state index contributed by atoms with van der Waals surface area (Å²) >= 11 is 0. The van der Waals surface area contributed by atoms with Gasteiger partial charge in [-0.25, -0.2) is 0 Å². The molecule has 25 heavy (non-hydrogen) atoms. The van der Waals surface area contributed by atoms with Crippen LogP contribution in [0, 0.1) is 11.8 Å². The number of para-hydroxylation sites is 1. The van der Waals surface area contributed by atoms with Gasteiger partial charge in [0.1, 0.15) is 11.5 Å². The van der Waals surface area contributed by atoms with E-state index in [1.807, 2.05) is 43.3 Å². The van der Waals surface area contributed by atoms with Crippen LogP contribution in [-0.2, 0) is 25.5 Å². The zero-order valence-electron chi connectivity index (χ0n) is 14.6. The van der Waals surface area contributed by atoms with Crippen molar-refractivity contribution in [3.63, 3.8) is 0 Å². The largest absolute Gasteiger partial charge is 0.465 e. The SMILES string of the molecule is CCCOC(=O)[C@@H]1[C@@H]2C=C[C@]3(CN(c4ccccc4CC)C(=O)[C@H]13)O2. The lowest BCUT2D eigenvalue weighted by molar-refractivity contribution is -0.152. The van der Waals surface area contributed by atoms with E-state index in [0.717, 1.165) is 24.1 Å². The van der Waals surface area contributed by atoms with Crippen molar-refractivity contribution in [3.8, 4) is 0 Å². The summed E-state index contributed by atoms with van der Waals surface area (Å²) in [6.07, 6.45) is 5.15. The molecule has 4 rings (SSSR count). The average molecular weight is 341 g/mol. The molecule has 0 N–H and O–H groups in total. The molecule has 2 saturated heterocycles. The lowest BCUT2D eigenvalue weighted by Crippen LogP contribution is -2.40. The highest BCUT2D eigenvalue weighted by molar-refractivity contribution is 6.03. The van der Waals surface area contributed by atoms with Crippen molar-refractivity contribution in [3.05, 3.63) is 42.0 Å². The maximum Gasteiger partial charge on any atom is 0.312 e. The normalized spacial score (nSPS) is 32.3. The first-order valence-electron chi connectivity index (χ1n) is 9.04. The molecule has 5 heteroatoms. The summed E-state index contributed by atoms with van der Waals surface area (Å²) in [7, 11) is 0. The molecule has 0 aromatic heterocycles. The number of amides is 1. The van der Waals surface area contributed by atoms with Gasteiger partial charge in [0.15, 0.2) is 0 Å². The Balaban J connectivity index is 1.67. The third kappa shape index (κ3) is 2.33. The first-order chi connectivity index (χ1) is 12.1. The maximum absolute atomic E-state index is 13.2. The van der Waals surface area contributed by atoms with E-state index < -0.39 is 17.4 Å². The highest BCUT2D eigenvalue weighted by Gasteiger charge is 2.67. The Morgan fingerprint density at radius 3 is 2.92 bits per heavy atom. The second-order valence-corrected chi connectivity index (χ2v) is 6.97. The molecule has 0 saturated carbocycles. The average Bonchev–Trinajstić information content (AvgIpc) is 3.28. The summed E-state index contributed by atoms with van der Waals surface area (Å²) in [5, 5.41) is 0. The van der Waals surface area contributed by atoms with Gasteiger partial charge in [0.25, 0.3) is 0 Å². The van der Waals surface area contributed by atoms with Gasteiger partial charge in [-0.15, -0.1) is 0 Å². The number of nitrogens with zero attached hydrogens (tertiary/aromatic N) is 1. The molecule has 1 aromatic rings. The van der Waals surface area contributed by atoms with E-state index >= 15 is 0 Å². The lowest BCUT2D eigenvalue weighted by Gasteiger charge is -2.23. The monoisotopic (exact) mass is 341 g/mol. The third-order valence-corrected chi connectivity index (χ3v) is 5.48. The number of carbonyl (C=O) groups excluding carboxylic acids is 2. The van der Waals surface area contributed by atoms with Crippen molar-refractivity contribution in [2.24, 2.45) is 11.8 Å². The van der Waals surface area contributed by atoms with Gasteiger partial charge in [-0.3, -0.25) is 9.59 Å². The van der Waals surface area contributed by atoms with Crippen LogP contribution in [0.15, 0.2) is 36.4 Å².